The fourth-order valence-corrected chi connectivity index (χ4v) is 4.25. The molecule has 3 heterocycles. The topological polar surface area (TPSA) is 129 Å². The minimum atomic E-state index is -0.197. The van der Waals surface area contributed by atoms with Crippen molar-refractivity contribution in [3.8, 4) is 11.5 Å². The fraction of sp³-hybridized carbons (Fsp3) is 0.458. The van der Waals surface area contributed by atoms with Crippen LogP contribution in [0.2, 0.25) is 0 Å². The van der Waals surface area contributed by atoms with Gasteiger partial charge in [-0.15, -0.1) is 0 Å². The molecule has 1 N–H and O–H groups in total. The van der Waals surface area contributed by atoms with Gasteiger partial charge in [0.2, 0.25) is 11.8 Å². The Hall–Kier alpha value is -3.89. The van der Waals surface area contributed by atoms with Gasteiger partial charge < -0.3 is 24.2 Å². The lowest BCUT2D eigenvalue weighted by Gasteiger charge is -2.31. The van der Waals surface area contributed by atoms with Crippen molar-refractivity contribution in [2.75, 3.05) is 32.6 Å². The summed E-state index contributed by atoms with van der Waals surface area (Å²) in [6.07, 6.45) is 3.49. The highest BCUT2D eigenvalue weighted by Crippen LogP contribution is 2.29. The van der Waals surface area contributed by atoms with Crippen LogP contribution in [0.15, 0.2) is 33.8 Å². The predicted octanol–water partition coefficient (Wildman–Crippen LogP) is 2.37. The summed E-state index contributed by atoms with van der Waals surface area (Å²) in [6, 6.07) is 4.95. The molecular weight excluding hydrogens is 454 g/mol. The van der Waals surface area contributed by atoms with Crippen molar-refractivity contribution in [3.05, 3.63) is 40.6 Å². The highest BCUT2D eigenvalue weighted by Gasteiger charge is 2.27. The Balaban J connectivity index is 1.28. The normalized spacial score (nSPS) is 14.2. The van der Waals surface area contributed by atoms with Crippen molar-refractivity contribution in [3.63, 3.8) is 0 Å². The molecule has 2 amide bonds. The Morgan fingerprint density at radius 2 is 1.86 bits per heavy atom. The quantitative estimate of drug-likeness (QED) is 0.517. The second kappa shape index (κ2) is 10.6. The van der Waals surface area contributed by atoms with Gasteiger partial charge in [0.1, 0.15) is 5.76 Å². The molecule has 3 aromatic rings. The van der Waals surface area contributed by atoms with Crippen LogP contribution < -0.4 is 20.3 Å². The number of rotatable bonds is 8. The second-order valence-electron chi connectivity index (χ2n) is 8.54. The SMILES string of the molecule is COc1cc2ncn(CCCC(=O)N3CCC(C(=O)Nc4cc(C)on4)CC3)c(=O)c2cc1OC. The van der Waals surface area contributed by atoms with E-state index in [1.54, 1.807) is 30.0 Å². The molecule has 1 aliphatic heterocycles. The van der Waals surface area contributed by atoms with E-state index in [9.17, 15) is 14.4 Å². The maximum absolute atomic E-state index is 12.9. The van der Waals surface area contributed by atoms with E-state index in [4.69, 9.17) is 14.0 Å². The lowest BCUT2D eigenvalue weighted by molar-refractivity contribution is -0.134. The second-order valence-corrected chi connectivity index (χ2v) is 8.54. The van der Waals surface area contributed by atoms with E-state index in [1.807, 2.05) is 0 Å². The van der Waals surface area contributed by atoms with E-state index in [0.717, 1.165) is 0 Å². The molecule has 186 valence electrons. The van der Waals surface area contributed by atoms with Gasteiger partial charge in [-0.1, -0.05) is 5.16 Å². The Kier molecular flexibility index (Phi) is 7.33. The zero-order chi connectivity index (χ0) is 24.9. The summed E-state index contributed by atoms with van der Waals surface area (Å²) < 4.78 is 17.0. The van der Waals surface area contributed by atoms with Crippen LogP contribution in [0.25, 0.3) is 10.9 Å². The Morgan fingerprint density at radius 3 is 2.51 bits per heavy atom. The summed E-state index contributed by atoms with van der Waals surface area (Å²) in [7, 11) is 3.04. The molecule has 0 radical (unpaired) electrons. The maximum atomic E-state index is 12.9. The molecule has 0 unspecified atom stereocenters. The first-order valence-corrected chi connectivity index (χ1v) is 11.5. The molecule has 0 spiro atoms. The van der Waals surface area contributed by atoms with Crippen molar-refractivity contribution in [1.29, 1.82) is 0 Å². The number of hydrogen-bond acceptors (Lipinski definition) is 8. The number of anilines is 1. The molecule has 0 bridgehead atoms. The predicted molar refractivity (Wildman–Crippen MR) is 128 cm³/mol. The van der Waals surface area contributed by atoms with Crippen LogP contribution in [-0.4, -0.2) is 58.7 Å². The molecule has 0 saturated carbocycles. The third kappa shape index (κ3) is 5.44. The molecule has 0 aliphatic carbocycles. The van der Waals surface area contributed by atoms with Crippen LogP contribution in [0.1, 0.15) is 31.4 Å². The number of likely N-dealkylation sites (tertiary alicyclic amines) is 1. The number of carbonyl (C=O) groups is 2. The molecule has 1 fully saturated rings. The highest BCUT2D eigenvalue weighted by molar-refractivity contribution is 5.91. The highest BCUT2D eigenvalue weighted by atomic mass is 16.5. The van der Waals surface area contributed by atoms with E-state index in [0.29, 0.717) is 79.3 Å². The van der Waals surface area contributed by atoms with Crippen LogP contribution in [0.4, 0.5) is 5.82 Å². The molecular formula is C24H29N5O6. The lowest BCUT2D eigenvalue weighted by Crippen LogP contribution is -2.41. The molecule has 0 atom stereocenters. The minimum absolute atomic E-state index is 0.0178. The van der Waals surface area contributed by atoms with Crippen LogP contribution in [0, 0.1) is 12.8 Å². The van der Waals surface area contributed by atoms with Gasteiger partial charge in [-0.25, -0.2) is 4.98 Å². The van der Waals surface area contributed by atoms with Gasteiger partial charge in [-0.2, -0.15) is 0 Å². The number of carbonyl (C=O) groups excluding carboxylic acids is 2. The molecule has 1 aliphatic rings. The van der Waals surface area contributed by atoms with Gasteiger partial charge in [0.15, 0.2) is 17.3 Å². The number of aromatic nitrogens is 3. The average molecular weight is 484 g/mol. The zero-order valence-electron chi connectivity index (χ0n) is 20.1. The first-order valence-electron chi connectivity index (χ1n) is 11.5. The van der Waals surface area contributed by atoms with Gasteiger partial charge in [0.05, 0.1) is 31.4 Å². The Labute approximate surface area is 202 Å². The number of amides is 2. The maximum Gasteiger partial charge on any atom is 0.261 e. The van der Waals surface area contributed by atoms with E-state index >= 15 is 0 Å². The number of aryl methyl sites for hydroxylation is 2. The lowest BCUT2D eigenvalue weighted by atomic mass is 9.95. The number of methoxy groups -OCH3 is 2. The summed E-state index contributed by atoms with van der Waals surface area (Å²) in [5, 5.41) is 6.97. The van der Waals surface area contributed by atoms with Gasteiger partial charge in [-0.05, 0) is 32.3 Å². The third-order valence-electron chi connectivity index (χ3n) is 6.22. The fourth-order valence-electron chi connectivity index (χ4n) is 4.25. The minimum Gasteiger partial charge on any atom is -0.493 e. The summed E-state index contributed by atoms with van der Waals surface area (Å²) >= 11 is 0. The molecule has 11 nitrogen and oxygen atoms in total. The number of hydrogen-bond donors (Lipinski definition) is 1. The largest absolute Gasteiger partial charge is 0.493 e. The van der Waals surface area contributed by atoms with Gasteiger partial charge in [0.25, 0.3) is 5.56 Å². The van der Waals surface area contributed by atoms with Gasteiger partial charge in [-0.3, -0.25) is 19.0 Å². The van der Waals surface area contributed by atoms with Crippen molar-refractivity contribution in [1.82, 2.24) is 19.6 Å². The van der Waals surface area contributed by atoms with Crippen LogP contribution >= 0.6 is 0 Å². The van der Waals surface area contributed by atoms with Crippen molar-refractivity contribution >= 4 is 28.5 Å². The Bertz CT molecular complexity index is 1280. The van der Waals surface area contributed by atoms with Crippen LogP contribution in [0.3, 0.4) is 0 Å². The van der Waals surface area contributed by atoms with E-state index in [2.05, 4.69) is 15.5 Å². The summed E-state index contributed by atoms with van der Waals surface area (Å²) in [5.41, 5.74) is 0.322. The molecule has 1 aromatic carbocycles. The zero-order valence-corrected chi connectivity index (χ0v) is 20.1. The monoisotopic (exact) mass is 483 g/mol. The molecule has 4 rings (SSSR count). The van der Waals surface area contributed by atoms with Gasteiger partial charge in [0, 0.05) is 44.1 Å². The Morgan fingerprint density at radius 1 is 1.14 bits per heavy atom. The van der Waals surface area contributed by atoms with E-state index < -0.39 is 0 Å². The average Bonchev–Trinajstić information content (AvgIpc) is 3.28. The van der Waals surface area contributed by atoms with Crippen LogP contribution in [-0.2, 0) is 16.1 Å². The first kappa shape index (κ1) is 24.2. The van der Waals surface area contributed by atoms with E-state index in [1.165, 1.54) is 25.1 Å². The van der Waals surface area contributed by atoms with Crippen LogP contribution in [0.5, 0.6) is 11.5 Å². The third-order valence-corrected chi connectivity index (χ3v) is 6.22. The van der Waals surface area contributed by atoms with Crippen molar-refractivity contribution in [2.24, 2.45) is 5.92 Å². The molecule has 2 aromatic heterocycles. The first-order chi connectivity index (χ1) is 16.9. The number of benzene rings is 1. The summed E-state index contributed by atoms with van der Waals surface area (Å²) in [4.78, 5) is 44.1. The molecule has 35 heavy (non-hydrogen) atoms. The smallest absolute Gasteiger partial charge is 0.261 e. The summed E-state index contributed by atoms with van der Waals surface area (Å²) in [6.45, 7) is 3.17. The number of ether oxygens (including phenoxy) is 2. The number of nitrogens with one attached hydrogen (secondary N) is 1. The van der Waals surface area contributed by atoms with Crippen molar-refractivity contribution in [2.45, 2.75) is 39.2 Å². The number of fused-ring (bicyclic) bond motifs is 1. The number of nitrogens with zero attached hydrogens (tertiary/aromatic N) is 4. The van der Waals surface area contributed by atoms with Crippen molar-refractivity contribution < 1.29 is 23.6 Å². The summed E-state index contributed by atoms with van der Waals surface area (Å²) in [5.74, 6) is 1.73. The number of piperidine rings is 1. The molecule has 1 saturated heterocycles. The standard InChI is InChI=1S/C24H29N5O6/c1-15-11-21(27-35-15)26-23(31)16-6-9-28(10-7-16)22(30)5-4-8-29-14-25-18-13-20(34-3)19(33-2)12-17(18)24(29)32/h11-14,16H,4-10H2,1-3H3,(H,26,27,31). The van der Waals surface area contributed by atoms with Gasteiger partial charge >= 0.3 is 0 Å². The molecule has 11 heteroatoms. The van der Waals surface area contributed by atoms with E-state index in [-0.39, 0.29) is 23.3 Å².